The van der Waals surface area contributed by atoms with Crippen LogP contribution < -0.4 is 0 Å². The molecule has 1 rings (SSSR count). The number of esters is 1. The average molecular weight is 202 g/mol. The zero-order chi connectivity index (χ0) is 10.6. The van der Waals surface area contributed by atoms with Crippen molar-refractivity contribution in [3.63, 3.8) is 0 Å². The van der Waals surface area contributed by atoms with E-state index < -0.39 is 6.10 Å². The van der Waals surface area contributed by atoms with Crippen molar-refractivity contribution in [3.8, 4) is 0 Å². The smallest absolute Gasteiger partial charge is 0.305 e. The summed E-state index contributed by atoms with van der Waals surface area (Å²) in [5.41, 5.74) is 0. The molecule has 0 bridgehead atoms. The number of carbonyl (C=O) groups excluding carboxylic acids is 1. The van der Waals surface area contributed by atoms with E-state index in [-0.39, 0.29) is 18.0 Å². The van der Waals surface area contributed by atoms with Gasteiger partial charge in [-0.15, -0.1) is 0 Å². The first kappa shape index (κ1) is 11.5. The van der Waals surface area contributed by atoms with Gasteiger partial charge in [0.1, 0.15) is 0 Å². The Kier molecular flexibility index (Phi) is 4.35. The van der Waals surface area contributed by atoms with Gasteiger partial charge in [-0.05, 0) is 31.6 Å². The van der Waals surface area contributed by atoms with Crippen molar-refractivity contribution in [1.29, 1.82) is 0 Å². The largest absolute Gasteiger partial charge is 0.469 e. The zero-order valence-electron chi connectivity index (χ0n) is 8.48. The van der Waals surface area contributed by atoms with Crippen LogP contribution in [-0.2, 0) is 9.53 Å². The van der Waals surface area contributed by atoms with Gasteiger partial charge in [-0.1, -0.05) is 0 Å². The van der Waals surface area contributed by atoms with Crippen LogP contribution in [0.3, 0.4) is 0 Å². The average Bonchev–Trinajstić information content (AvgIpc) is 2.16. The van der Waals surface area contributed by atoms with Gasteiger partial charge in [-0.3, -0.25) is 4.79 Å². The quantitative estimate of drug-likeness (QED) is 0.652. The normalized spacial score (nSPS) is 32.6. The Morgan fingerprint density at radius 2 is 2.14 bits per heavy atom. The fourth-order valence-electron chi connectivity index (χ4n) is 1.93. The lowest BCUT2D eigenvalue weighted by Crippen LogP contribution is -2.32. The Balaban J connectivity index is 2.27. The molecular weight excluding hydrogens is 184 g/mol. The summed E-state index contributed by atoms with van der Waals surface area (Å²) in [6, 6.07) is 0. The number of aliphatic hydroxyl groups is 2. The lowest BCUT2D eigenvalue weighted by molar-refractivity contribution is -0.141. The molecule has 0 aromatic carbocycles. The summed E-state index contributed by atoms with van der Waals surface area (Å²) >= 11 is 0. The number of hydrogen-bond acceptors (Lipinski definition) is 4. The molecule has 1 saturated carbocycles. The van der Waals surface area contributed by atoms with E-state index >= 15 is 0 Å². The van der Waals surface area contributed by atoms with E-state index in [2.05, 4.69) is 4.74 Å². The Bertz CT molecular complexity index is 193. The Labute approximate surface area is 83.9 Å². The number of ether oxygens (including phenoxy) is 1. The van der Waals surface area contributed by atoms with Gasteiger partial charge in [0.15, 0.2) is 0 Å². The topological polar surface area (TPSA) is 66.8 Å². The highest BCUT2D eigenvalue weighted by Gasteiger charge is 2.28. The summed E-state index contributed by atoms with van der Waals surface area (Å²) in [5, 5.41) is 18.9. The van der Waals surface area contributed by atoms with E-state index in [4.69, 9.17) is 0 Å². The molecular formula is C10H18O4. The molecule has 3 unspecified atom stereocenters. The van der Waals surface area contributed by atoms with Crippen molar-refractivity contribution >= 4 is 5.97 Å². The second-order valence-corrected chi connectivity index (χ2v) is 3.91. The molecule has 0 radical (unpaired) electrons. The van der Waals surface area contributed by atoms with Crippen LogP contribution >= 0.6 is 0 Å². The molecule has 82 valence electrons. The molecule has 0 heterocycles. The summed E-state index contributed by atoms with van der Waals surface area (Å²) in [6.45, 7) is 0. The van der Waals surface area contributed by atoms with Crippen LogP contribution in [0.2, 0.25) is 0 Å². The van der Waals surface area contributed by atoms with E-state index in [9.17, 15) is 15.0 Å². The fourth-order valence-corrected chi connectivity index (χ4v) is 1.93. The van der Waals surface area contributed by atoms with Crippen LogP contribution in [0.4, 0.5) is 0 Å². The maximum Gasteiger partial charge on any atom is 0.305 e. The molecule has 0 spiro atoms. The molecule has 0 amide bonds. The van der Waals surface area contributed by atoms with Gasteiger partial charge in [-0.2, -0.15) is 0 Å². The van der Waals surface area contributed by atoms with Gasteiger partial charge < -0.3 is 14.9 Å². The number of carbonyl (C=O) groups is 1. The first-order chi connectivity index (χ1) is 6.63. The lowest BCUT2D eigenvalue weighted by Gasteiger charge is -2.30. The van der Waals surface area contributed by atoms with Crippen molar-refractivity contribution in [2.24, 2.45) is 5.92 Å². The zero-order valence-corrected chi connectivity index (χ0v) is 8.48. The van der Waals surface area contributed by atoms with E-state index in [0.717, 1.165) is 12.8 Å². The van der Waals surface area contributed by atoms with Crippen molar-refractivity contribution in [3.05, 3.63) is 0 Å². The fraction of sp³-hybridized carbons (Fsp3) is 0.900. The van der Waals surface area contributed by atoms with Crippen LogP contribution in [0.5, 0.6) is 0 Å². The highest BCUT2D eigenvalue weighted by atomic mass is 16.5. The highest BCUT2D eigenvalue weighted by molar-refractivity contribution is 5.69. The Hall–Kier alpha value is -0.610. The molecule has 0 saturated heterocycles. The minimum absolute atomic E-state index is 0.137. The lowest BCUT2D eigenvalue weighted by atomic mass is 9.82. The minimum atomic E-state index is -0.469. The molecule has 0 aliphatic heterocycles. The first-order valence-corrected chi connectivity index (χ1v) is 5.06. The maximum atomic E-state index is 10.9. The molecule has 1 aliphatic carbocycles. The molecule has 0 aromatic heterocycles. The van der Waals surface area contributed by atoms with Gasteiger partial charge >= 0.3 is 5.97 Å². The predicted molar refractivity (Wildman–Crippen MR) is 50.6 cm³/mol. The molecule has 0 aromatic rings. The molecule has 1 fully saturated rings. The van der Waals surface area contributed by atoms with Crippen LogP contribution in [0.25, 0.3) is 0 Å². The van der Waals surface area contributed by atoms with Crippen molar-refractivity contribution < 1.29 is 19.7 Å². The first-order valence-electron chi connectivity index (χ1n) is 5.06. The molecule has 3 atom stereocenters. The van der Waals surface area contributed by atoms with Gasteiger partial charge in [0.05, 0.1) is 19.3 Å². The van der Waals surface area contributed by atoms with Crippen LogP contribution in [-0.4, -0.2) is 35.5 Å². The highest BCUT2D eigenvalue weighted by Crippen LogP contribution is 2.28. The number of rotatable bonds is 3. The summed E-state index contributed by atoms with van der Waals surface area (Å²) in [7, 11) is 1.36. The van der Waals surface area contributed by atoms with Crippen molar-refractivity contribution in [2.45, 2.75) is 44.3 Å². The molecule has 1 aliphatic rings. The van der Waals surface area contributed by atoms with Crippen LogP contribution in [0.15, 0.2) is 0 Å². The van der Waals surface area contributed by atoms with E-state index in [1.165, 1.54) is 7.11 Å². The second kappa shape index (κ2) is 5.32. The standard InChI is InChI=1S/C10H18O4/c1-14-10(13)5-3-7-2-4-8(11)6-9(7)12/h7-9,11-12H,2-6H2,1H3. The molecule has 2 N–H and O–H groups in total. The molecule has 4 nitrogen and oxygen atoms in total. The predicted octanol–water partition coefficient (Wildman–Crippen LogP) is 0.462. The van der Waals surface area contributed by atoms with Crippen molar-refractivity contribution in [1.82, 2.24) is 0 Å². The van der Waals surface area contributed by atoms with Gasteiger partial charge in [0.25, 0.3) is 0 Å². The third-order valence-electron chi connectivity index (χ3n) is 2.88. The second-order valence-electron chi connectivity index (χ2n) is 3.91. The van der Waals surface area contributed by atoms with E-state index in [1.54, 1.807) is 0 Å². The summed E-state index contributed by atoms with van der Waals surface area (Å²) < 4.78 is 4.53. The third-order valence-corrected chi connectivity index (χ3v) is 2.88. The minimum Gasteiger partial charge on any atom is -0.469 e. The number of hydrogen-bond donors (Lipinski definition) is 2. The number of aliphatic hydroxyl groups excluding tert-OH is 2. The summed E-state index contributed by atoms with van der Waals surface area (Å²) in [4.78, 5) is 10.9. The SMILES string of the molecule is COC(=O)CCC1CCC(O)CC1O. The van der Waals surface area contributed by atoms with Crippen LogP contribution in [0.1, 0.15) is 32.1 Å². The van der Waals surface area contributed by atoms with E-state index in [0.29, 0.717) is 19.3 Å². The summed E-state index contributed by atoms with van der Waals surface area (Å²) in [5.74, 6) is -0.0965. The maximum absolute atomic E-state index is 10.9. The van der Waals surface area contributed by atoms with Crippen LogP contribution in [0, 0.1) is 5.92 Å². The summed E-state index contributed by atoms with van der Waals surface area (Å²) in [6.07, 6.45) is 2.12. The van der Waals surface area contributed by atoms with Gasteiger partial charge in [0, 0.05) is 6.42 Å². The Morgan fingerprint density at radius 1 is 1.43 bits per heavy atom. The molecule has 14 heavy (non-hydrogen) atoms. The number of methoxy groups -OCH3 is 1. The van der Waals surface area contributed by atoms with E-state index in [1.807, 2.05) is 0 Å². The molecule has 4 heteroatoms. The Morgan fingerprint density at radius 3 is 2.71 bits per heavy atom. The van der Waals surface area contributed by atoms with Gasteiger partial charge in [-0.25, -0.2) is 0 Å². The van der Waals surface area contributed by atoms with Crippen molar-refractivity contribution in [2.75, 3.05) is 7.11 Å². The van der Waals surface area contributed by atoms with Gasteiger partial charge in [0.2, 0.25) is 0 Å². The monoisotopic (exact) mass is 202 g/mol. The third kappa shape index (κ3) is 3.27.